The summed E-state index contributed by atoms with van der Waals surface area (Å²) in [6.07, 6.45) is 1.40. The zero-order chi connectivity index (χ0) is 15.7. The van der Waals surface area contributed by atoms with Crippen LogP contribution in [0.4, 0.5) is 0 Å². The van der Waals surface area contributed by atoms with Crippen LogP contribution in [0.1, 0.15) is 11.1 Å². The van der Waals surface area contributed by atoms with E-state index in [0.29, 0.717) is 11.5 Å². The van der Waals surface area contributed by atoms with E-state index in [0.717, 1.165) is 5.56 Å². The Morgan fingerprint density at radius 3 is 2.59 bits per heavy atom. The Morgan fingerprint density at radius 1 is 1.23 bits per heavy atom. The zero-order valence-electron chi connectivity index (χ0n) is 11.5. The standard InChI is InChI=1S/C17H12N2O3/c18-10-17(16(19)21)9-15(11-4-2-1-3-5-11)22-14-7-6-12(20)8-13(14)17/h1-9,20H,(H2,19,21)/t17-/m0/s1. The highest BCUT2D eigenvalue weighted by Crippen LogP contribution is 2.42. The molecule has 0 aliphatic carbocycles. The van der Waals surface area contributed by atoms with Crippen LogP contribution in [0.3, 0.4) is 0 Å². The molecule has 2 aromatic carbocycles. The van der Waals surface area contributed by atoms with Crippen molar-refractivity contribution in [3.8, 4) is 17.6 Å². The maximum atomic E-state index is 12.0. The zero-order valence-corrected chi connectivity index (χ0v) is 11.5. The first-order valence-electron chi connectivity index (χ1n) is 6.57. The summed E-state index contributed by atoms with van der Waals surface area (Å²) >= 11 is 0. The molecule has 2 aromatic rings. The number of fused-ring (bicyclic) bond motifs is 1. The number of primary amides is 1. The fourth-order valence-electron chi connectivity index (χ4n) is 2.43. The van der Waals surface area contributed by atoms with E-state index in [2.05, 4.69) is 0 Å². The van der Waals surface area contributed by atoms with Crippen molar-refractivity contribution in [2.75, 3.05) is 0 Å². The van der Waals surface area contributed by atoms with Gasteiger partial charge in [0.25, 0.3) is 0 Å². The number of nitrogens with zero attached hydrogens (tertiary/aromatic N) is 1. The Hall–Kier alpha value is -3.26. The lowest BCUT2D eigenvalue weighted by Crippen LogP contribution is -2.40. The molecule has 5 nitrogen and oxygen atoms in total. The maximum absolute atomic E-state index is 12.0. The lowest BCUT2D eigenvalue weighted by atomic mass is 9.78. The van der Waals surface area contributed by atoms with Gasteiger partial charge in [-0.2, -0.15) is 5.26 Å². The number of phenols is 1. The van der Waals surface area contributed by atoms with Crippen LogP contribution in [-0.4, -0.2) is 11.0 Å². The highest BCUT2D eigenvalue weighted by molar-refractivity contribution is 5.96. The Labute approximate surface area is 126 Å². The van der Waals surface area contributed by atoms with Gasteiger partial charge in [0.05, 0.1) is 6.07 Å². The molecule has 0 fully saturated rings. The Bertz CT molecular complexity index is 822. The molecular weight excluding hydrogens is 280 g/mol. The minimum Gasteiger partial charge on any atom is -0.508 e. The number of nitrogens with two attached hydrogens (primary N) is 1. The van der Waals surface area contributed by atoms with Crippen LogP contribution in [-0.2, 0) is 10.2 Å². The van der Waals surface area contributed by atoms with Crippen molar-refractivity contribution in [1.29, 1.82) is 5.26 Å². The number of nitriles is 1. The molecule has 3 N–H and O–H groups in total. The van der Waals surface area contributed by atoms with Crippen molar-refractivity contribution in [2.45, 2.75) is 5.41 Å². The molecule has 1 atom stereocenters. The summed E-state index contributed by atoms with van der Waals surface area (Å²) in [5.74, 6) is -0.197. The van der Waals surface area contributed by atoms with Gasteiger partial charge in [0.2, 0.25) is 5.91 Å². The average molecular weight is 292 g/mol. The van der Waals surface area contributed by atoms with Gasteiger partial charge >= 0.3 is 0 Å². The number of amides is 1. The van der Waals surface area contributed by atoms with Crippen molar-refractivity contribution in [2.24, 2.45) is 5.73 Å². The van der Waals surface area contributed by atoms with Crippen LogP contribution in [0, 0.1) is 11.3 Å². The third-order valence-corrected chi connectivity index (χ3v) is 3.58. The summed E-state index contributed by atoms with van der Waals surface area (Å²) in [4.78, 5) is 12.0. The molecule has 5 heteroatoms. The van der Waals surface area contributed by atoms with Crippen LogP contribution in [0.25, 0.3) is 5.76 Å². The molecule has 0 saturated heterocycles. The van der Waals surface area contributed by atoms with Gasteiger partial charge in [-0.3, -0.25) is 4.79 Å². The highest BCUT2D eigenvalue weighted by atomic mass is 16.5. The van der Waals surface area contributed by atoms with E-state index in [1.165, 1.54) is 24.3 Å². The lowest BCUT2D eigenvalue weighted by Gasteiger charge is -2.29. The van der Waals surface area contributed by atoms with Crippen molar-refractivity contribution >= 4 is 11.7 Å². The lowest BCUT2D eigenvalue weighted by molar-refractivity contribution is -0.120. The molecule has 108 valence electrons. The van der Waals surface area contributed by atoms with E-state index in [1.54, 1.807) is 12.1 Å². The molecule has 1 aliphatic rings. The second-order valence-electron chi connectivity index (χ2n) is 4.94. The van der Waals surface area contributed by atoms with Gasteiger partial charge < -0.3 is 15.6 Å². The summed E-state index contributed by atoms with van der Waals surface area (Å²) in [6.45, 7) is 0. The molecule has 1 aliphatic heterocycles. The van der Waals surface area contributed by atoms with E-state index in [9.17, 15) is 15.2 Å². The normalized spacial score (nSPS) is 19.3. The topological polar surface area (TPSA) is 96.3 Å². The van der Waals surface area contributed by atoms with Crippen LogP contribution in [0.15, 0.2) is 54.6 Å². The molecule has 0 bridgehead atoms. The predicted molar refractivity (Wildman–Crippen MR) is 79.6 cm³/mol. The molecule has 1 amide bonds. The molecule has 0 saturated carbocycles. The smallest absolute Gasteiger partial charge is 0.246 e. The first kappa shape index (κ1) is 13.7. The van der Waals surface area contributed by atoms with Gasteiger partial charge in [-0.25, -0.2) is 0 Å². The van der Waals surface area contributed by atoms with E-state index < -0.39 is 11.3 Å². The fourth-order valence-corrected chi connectivity index (χ4v) is 2.43. The van der Waals surface area contributed by atoms with Crippen LogP contribution >= 0.6 is 0 Å². The van der Waals surface area contributed by atoms with Gasteiger partial charge in [-0.1, -0.05) is 30.3 Å². The van der Waals surface area contributed by atoms with Gasteiger partial charge in [-0.15, -0.1) is 0 Å². The minimum absolute atomic E-state index is 0.0696. The van der Waals surface area contributed by atoms with Crippen molar-refractivity contribution in [3.05, 3.63) is 65.7 Å². The third kappa shape index (κ3) is 1.98. The largest absolute Gasteiger partial charge is 0.508 e. The fraction of sp³-hybridized carbons (Fsp3) is 0.0588. The van der Waals surface area contributed by atoms with Gasteiger partial charge in [-0.05, 0) is 24.3 Å². The number of phenolic OH excluding ortho intramolecular Hbond substituents is 1. The minimum atomic E-state index is -1.68. The summed E-state index contributed by atoms with van der Waals surface area (Å²) in [5, 5.41) is 19.2. The summed E-state index contributed by atoms with van der Waals surface area (Å²) in [7, 11) is 0. The first-order chi connectivity index (χ1) is 10.6. The molecule has 22 heavy (non-hydrogen) atoms. The predicted octanol–water partition coefficient (Wildman–Crippen LogP) is 2.07. The Balaban J connectivity index is 2.26. The quantitative estimate of drug-likeness (QED) is 0.885. The maximum Gasteiger partial charge on any atom is 0.246 e. The second kappa shape index (κ2) is 4.93. The Morgan fingerprint density at radius 2 is 1.95 bits per heavy atom. The molecular formula is C17H12N2O3. The summed E-state index contributed by atoms with van der Waals surface area (Å²) in [6, 6.07) is 15.3. The number of carbonyl (C=O) groups excluding carboxylic acids is 1. The molecule has 0 unspecified atom stereocenters. The molecule has 0 aromatic heterocycles. The number of aromatic hydroxyl groups is 1. The van der Waals surface area contributed by atoms with E-state index in [-0.39, 0.29) is 11.3 Å². The van der Waals surface area contributed by atoms with Gasteiger partial charge in [0.1, 0.15) is 17.3 Å². The number of rotatable bonds is 2. The third-order valence-electron chi connectivity index (χ3n) is 3.58. The van der Waals surface area contributed by atoms with Gasteiger partial charge in [0, 0.05) is 11.1 Å². The SMILES string of the molecule is N#C[C@@]1(C(N)=O)C=C(c2ccccc2)Oc2ccc(O)cc21. The van der Waals surface area contributed by atoms with E-state index >= 15 is 0 Å². The summed E-state index contributed by atoms with van der Waals surface area (Å²) in [5.41, 5.74) is 4.75. The Kier molecular flexibility index (Phi) is 3.08. The van der Waals surface area contributed by atoms with Crippen LogP contribution in [0.2, 0.25) is 0 Å². The van der Waals surface area contributed by atoms with Crippen LogP contribution < -0.4 is 10.5 Å². The van der Waals surface area contributed by atoms with E-state index in [1.807, 2.05) is 24.3 Å². The molecule has 3 rings (SSSR count). The van der Waals surface area contributed by atoms with Crippen molar-refractivity contribution in [3.63, 3.8) is 0 Å². The highest BCUT2D eigenvalue weighted by Gasteiger charge is 2.43. The molecule has 0 radical (unpaired) electrons. The molecule has 1 heterocycles. The first-order valence-corrected chi connectivity index (χ1v) is 6.57. The monoisotopic (exact) mass is 292 g/mol. The number of carbonyl (C=O) groups is 1. The summed E-state index contributed by atoms with van der Waals surface area (Å²) < 4.78 is 5.77. The van der Waals surface area contributed by atoms with Gasteiger partial charge in [0.15, 0.2) is 5.41 Å². The van der Waals surface area contributed by atoms with E-state index in [4.69, 9.17) is 10.5 Å². The van der Waals surface area contributed by atoms with Crippen molar-refractivity contribution < 1.29 is 14.6 Å². The van der Waals surface area contributed by atoms with Crippen molar-refractivity contribution in [1.82, 2.24) is 0 Å². The number of ether oxygens (including phenoxy) is 1. The number of hydrogen-bond donors (Lipinski definition) is 2. The average Bonchev–Trinajstić information content (AvgIpc) is 2.54. The number of hydrogen-bond acceptors (Lipinski definition) is 4. The van der Waals surface area contributed by atoms with Crippen LogP contribution in [0.5, 0.6) is 11.5 Å². The molecule has 0 spiro atoms. The number of benzene rings is 2. The second-order valence-corrected chi connectivity index (χ2v) is 4.94.